The lowest BCUT2D eigenvalue weighted by atomic mass is 10.2. The third kappa shape index (κ3) is 3.48. The zero-order valence-electron chi connectivity index (χ0n) is 14.8. The van der Waals surface area contributed by atoms with Gasteiger partial charge in [0.05, 0.1) is 6.21 Å². The van der Waals surface area contributed by atoms with Crippen molar-refractivity contribution in [3.05, 3.63) is 75.9 Å². The van der Waals surface area contributed by atoms with Crippen LogP contribution in [0.5, 0.6) is 0 Å². The summed E-state index contributed by atoms with van der Waals surface area (Å²) in [6, 6.07) is 17.1. The predicted molar refractivity (Wildman–Crippen MR) is 118 cm³/mol. The lowest BCUT2D eigenvalue weighted by Gasteiger charge is -2.02. The van der Waals surface area contributed by atoms with Gasteiger partial charge in [-0.3, -0.25) is 5.43 Å². The third-order valence-electron chi connectivity index (χ3n) is 4.42. The largest absolute Gasteiger partial charge is 0.361 e. The Balaban J connectivity index is 1.43. The van der Waals surface area contributed by atoms with Crippen LogP contribution in [0.2, 0.25) is 5.02 Å². The van der Waals surface area contributed by atoms with Crippen LogP contribution in [0.1, 0.15) is 5.56 Å². The van der Waals surface area contributed by atoms with Gasteiger partial charge >= 0.3 is 0 Å². The molecule has 3 heterocycles. The summed E-state index contributed by atoms with van der Waals surface area (Å²) in [5.41, 5.74) is 6.51. The quantitative estimate of drug-likeness (QED) is 0.284. The fraction of sp³-hybridized carbons (Fsp3) is 0. The molecule has 0 bridgehead atoms. The number of hydrogen-bond acceptors (Lipinski definition) is 5. The Bertz CT molecular complexity index is 1350. The first-order chi connectivity index (χ1) is 14.2. The molecule has 29 heavy (non-hydrogen) atoms. The molecule has 9 heteroatoms. The second-order valence-corrected chi connectivity index (χ2v) is 7.68. The fourth-order valence-corrected chi connectivity index (χ4v) is 3.50. The molecule has 0 saturated carbocycles. The molecule has 0 radical (unpaired) electrons. The van der Waals surface area contributed by atoms with Crippen LogP contribution in [-0.2, 0) is 0 Å². The number of benzene rings is 2. The van der Waals surface area contributed by atoms with Crippen molar-refractivity contribution in [2.24, 2.45) is 5.10 Å². The van der Waals surface area contributed by atoms with Crippen LogP contribution in [0, 0.1) is 0 Å². The van der Waals surface area contributed by atoms with E-state index in [1.54, 1.807) is 16.8 Å². The number of hydrazone groups is 1. The fourth-order valence-electron chi connectivity index (χ4n) is 3.02. The summed E-state index contributed by atoms with van der Waals surface area (Å²) in [4.78, 5) is 3.23. The highest BCUT2D eigenvalue weighted by atomic mass is 79.9. The Morgan fingerprint density at radius 1 is 1.07 bits per heavy atom. The second kappa shape index (κ2) is 7.31. The average molecular weight is 467 g/mol. The molecule has 0 amide bonds. The molecule has 142 valence electrons. The van der Waals surface area contributed by atoms with Crippen molar-refractivity contribution in [3.63, 3.8) is 0 Å². The van der Waals surface area contributed by atoms with Gasteiger partial charge in [0, 0.05) is 37.7 Å². The number of rotatable bonds is 4. The predicted octanol–water partition coefficient (Wildman–Crippen LogP) is 5.13. The van der Waals surface area contributed by atoms with Gasteiger partial charge in [-0.15, -0.1) is 15.3 Å². The van der Waals surface area contributed by atoms with Crippen LogP contribution in [0.4, 0.5) is 5.82 Å². The smallest absolute Gasteiger partial charge is 0.185 e. The Kier molecular flexibility index (Phi) is 4.49. The molecule has 0 spiro atoms. The van der Waals surface area contributed by atoms with Crippen molar-refractivity contribution in [2.75, 3.05) is 5.43 Å². The molecule has 5 aromatic rings. The maximum atomic E-state index is 5.97. The molecule has 0 aliphatic carbocycles. The van der Waals surface area contributed by atoms with E-state index < -0.39 is 0 Å². The maximum absolute atomic E-state index is 5.97. The minimum absolute atomic E-state index is 0.574. The Morgan fingerprint density at radius 2 is 1.93 bits per heavy atom. The molecule has 0 unspecified atom stereocenters. The van der Waals surface area contributed by atoms with Gasteiger partial charge in [0.2, 0.25) is 0 Å². The van der Waals surface area contributed by atoms with Gasteiger partial charge in [-0.1, -0.05) is 27.5 Å². The molecule has 0 atom stereocenters. The van der Waals surface area contributed by atoms with Crippen molar-refractivity contribution in [2.45, 2.75) is 0 Å². The van der Waals surface area contributed by atoms with Crippen LogP contribution < -0.4 is 5.43 Å². The zero-order chi connectivity index (χ0) is 19.8. The van der Waals surface area contributed by atoms with Gasteiger partial charge in [0.15, 0.2) is 17.3 Å². The van der Waals surface area contributed by atoms with E-state index in [9.17, 15) is 0 Å². The summed E-state index contributed by atoms with van der Waals surface area (Å²) in [6.45, 7) is 0. The molecule has 0 aliphatic rings. The van der Waals surface area contributed by atoms with Crippen molar-refractivity contribution in [1.29, 1.82) is 0 Å². The van der Waals surface area contributed by atoms with Crippen LogP contribution in [0.3, 0.4) is 0 Å². The Labute approximate surface area is 178 Å². The van der Waals surface area contributed by atoms with Gasteiger partial charge in [-0.25, -0.2) is 0 Å². The summed E-state index contributed by atoms with van der Waals surface area (Å²) in [5, 5.41) is 19.0. The Morgan fingerprint density at radius 3 is 2.79 bits per heavy atom. The van der Waals surface area contributed by atoms with Gasteiger partial charge in [0.1, 0.15) is 0 Å². The minimum Gasteiger partial charge on any atom is -0.361 e. The van der Waals surface area contributed by atoms with E-state index in [4.69, 9.17) is 11.6 Å². The highest BCUT2D eigenvalue weighted by Crippen LogP contribution is 2.22. The zero-order valence-corrected chi connectivity index (χ0v) is 17.2. The second-order valence-electron chi connectivity index (χ2n) is 6.32. The molecule has 3 aromatic heterocycles. The molecule has 5 rings (SSSR count). The standard InChI is InChI=1S/C20H13BrClN7/c21-14-3-6-17-16(9-14)13(10-23-17)11-24-25-18-7-8-19-26-27-20(29(19)28-18)12-1-4-15(22)5-2-12/h1-11,23H,(H,25,28)/b24-11-. The van der Waals surface area contributed by atoms with Crippen molar-refractivity contribution >= 4 is 56.1 Å². The van der Waals surface area contributed by atoms with E-state index >= 15 is 0 Å². The average Bonchev–Trinajstić information content (AvgIpc) is 3.32. The molecule has 0 saturated heterocycles. The normalized spacial score (nSPS) is 11.7. The minimum atomic E-state index is 0.574. The van der Waals surface area contributed by atoms with Crippen LogP contribution in [0.15, 0.2) is 70.4 Å². The molecule has 0 fully saturated rings. The summed E-state index contributed by atoms with van der Waals surface area (Å²) in [7, 11) is 0. The molecule has 0 aliphatic heterocycles. The van der Waals surface area contributed by atoms with E-state index in [1.165, 1.54) is 0 Å². The number of aromatic amines is 1. The SMILES string of the molecule is Clc1ccc(-c2nnc3ccc(N/N=C\c4c[nH]c5ccc(Br)cc45)nn23)cc1. The Hall–Kier alpha value is -3.23. The van der Waals surface area contributed by atoms with Crippen molar-refractivity contribution in [3.8, 4) is 11.4 Å². The van der Waals surface area contributed by atoms with Gasteiger partial charge < -0.3 is 4.98 Å². The number of nitrogens with one attached hydrogen (secondary N) is 2. The number of anilines is 1. The lowest BCUT2D eigenvalue weighted by Crippen LogP contribution is -2.00. The maximum Gasteiger partial charge on any atom is 0.185 e. The van der Waals surface area contributed by atoms with E-state index in [0.29, 0.717) is 22.3 Å². The highest BCUT2D eigenvalue weighted by Gasteiger charge is 2.10. The van der Waals surface area contributed by atoms with Crippen LogP contribution >= 0.6 is 27.5 Å². The molecular formula is C20H13BrClN7. The highest BCUT2D eigenvalue weighted by molar-refractivity contribution is 9.10. The summed E-state index contributed by atoms with van der Waals surface area (Å²) < 4.78 is 2.69. The molecule has 2 N–H and O–H groups in total. The van der Waals surface area contributed by atoms with Crippen LogP contribution in [0.25, 0.3) is 27.9 Å². The monoisotopic (exact) mass is 465 g/mol. The topological polar surface area (TPSA) is 83.3 Å². The summed E-state index contributed by atoms with van der Waals surface area (Å²) >= 11 is 9.47. The molecular weight excluding hydrogens is 454 g/mol. The van der Waals surface area contributed by atoms with E-state index in [1.807, 2.05) is 54.7 Å². The lowest BCUT2D eigenvalue weighted by molar-refractivity contribution is 0.934. The number of fused-ring (bicyclic) bond motifs is 2. The molecule has 2 aromatic carbocycles. The van der Waals surface area contributed by atoms with E-state index in [-0.39, 0.29) is 0 Å². The first-order valence-corrected chi connectivity index (χ1v) is 9.88. The van der Waals surface area contributed by atoms with Gasteiger partial charge in [-0.2, -0.15) is 9.62 Å². The number of halogens is 2. The number of aromatic nitrogens is 5. The first kappa shape index (κ1) is 17.8. The van der Waals surface area contributed by atoms with E-state index in [2.05, 4.69) is 46.7 Å². The van der Waals surface area contributed by atoms with E-state index in [0.717, 1.165) is 26.5 Å². The summed E-state index contributed by atoms with van der Waals surface area (Å²) in [6.07, 6.45) is 3.67. The molecule has 7 nitrogen and oxygen atoms in total. The number of nitrogens with zero attached hydrogens (tertiary/aromatic N) is 5. The van der Waals surface area contributed by atoms with Crippen molar-refractivity contribution in [1.82, 2.24) is 24.8 Å². The van der Waals surface area contributed by atoms with Gasteiger partial charge in [0.25, 0.3) is 0 Å². The number of hydrogen-bond donors (Lipinski definition) is 2. The number of H-pyrrole nitrogens is 1. The first-order valence-electron chi connectivity index (χ1n) is 8.71. The van der Waals surface area contributed by atoms with Gasteiger partial charge in [-0.05, 0) is 54.6 Å². The van der Waals surface area contributed by atoms with Crippen molar-refractivity contribution < 1.29 is 0 Å². The third-order valence-corrected chi connectivity index (χ3v) is 5.17. The van der Waals surface area contributed by atoms with Crippen LogP contribution in [-0.4, -0.2) is 31.0 Å². The summed E-state index contributed by atoms with van der Waals surface area (Å²) in [5.74, 6) is 1.20.